The summed E-state index contributed by atoms with van der Waals surface area (Å²) in [6.45, 7) is 1.64. The van der Waals surface area contributed by atoms with Gasteiger partial charge in [-0.15, -0.1) is 0 Å². The number of nitrogens with zero attached hydrogens (tertiary/aromatic N) is 1. The second kappa shape index (κ2) is 7.96. The Kier molecular flexibility index (Phi) is 6.59. The molecule has 0 aliphatic rings. The summed E-state index contributed by atoms with van der Waals surface area (Å²) in [5.41, 5.74) is 0.815. The van der Waals surface area contributed by atoms with Crippen LogP contribution in [0.2, 0.25) is 0 Å². The maximum absolute atomic E-state index is 10.4. The van der Waals surface area contributed by atoms with E-state index in [4.69, 9.17) is 9.84 Å². The second-order valence-corrected chi connectivity index (χ2v) is 5.22. The van der Waals surface area contributed by atoms with Gasteiger partial charge in [0.1, 0.15) is 5.75 Å². The van der Waals surface area contributed by atoms with E-state index in [2.05, 4.69) is 20.8 Å². The lowest BCUT2D eigenvalue weighted by atomic mass is 10.2. The number of carbonyl (C=O) groups is 1. The number of halogens is 1. The summed E-state index contributed by atoms with van der Waals surface area (Å²) in [6.07, 6.45) is 3.61. The largest absolute Gasteiger partial charge is 0.492 e. The van der Waals surface area contributed by atoms with Gasteiger partial charge in [0.05, 0.1) is 11.1 Å². The molecule has 0 saturated carbocycles. The highest BCUT2D eigenvalue weighted by Gasteiger charge is 2.02. The van der Waals surface area contributed by atoms with Crippen LogP contribution in [0.1, 0.15) is 12.0 Å². The molecule has 4 nitrogen and oxygen atoms in total. The van der Waals surface area contributed by atoms with Gasteiger partial charge in [-0.1, -0.05) is 6.07 Å². The molecule has 1 aromatic rings. The molecule has 1 aromatic carbocycles. The summed E-state index contributed by atoms with van der Waals surface area (Å²) in [6, 6.07) is 5.49. The molecular weight excluding hydrogens is 310 g/mol. The molecule has 0 bridgehead atoms. The third-order valence-electron chi connectivity index (χ3n) is 2.38. The predicted octanol–water partition coefficient (Wildman–Crippen LogP) is 2.88. The zero-order chi connectivity index (χ0) is 14.3. The van der Waals surface area contributed by atoms with E-state index in [1.165, 1.54) is 0 Å². The summed E-state index contributed by atoms with van der Waals surface area (Å²) < 4.78 is 6.48. The molecule has 1 rings (SSSR count). The first-order valence-electron chi connectivity index (χ1n) is 5.97. The van der Waals surface area contributed by atoms with E-state index in [-0.39, 0.29) is 0 Å². The fourth-order valence-corrected chi connectivity index (χ4v) is 1.98. The summed E-state index contributed by atoms with van der Waals surface area (Å²) in [5.74, 6) is -0.189. The lowest BCUT2D eigenvalue weighted by molar-refractivity contribution is -0.131. The molecule has 104 valence electrons. The maximum atomic E-state index is 10.4. The number of carboxylic acids is 1. The smallest absolute Gasteiger partial charge is 0.328 e. The van der Waals surface area contributed by atoms with Crippen molar-refractivity contribution in [3.8, 4) is 5.75 Å². The summed E-state index contributed by atoms with van der Waals surface area (Å²) in [7, 11) is 4.05. The van der Waals surface area contributed by atoms with Gasteiger partial charge in [-0.25, -0.2) is 4.79 Å². The van der Waals surface area contributed by atoms with Crippen molar-refractivity contribution in [2.45, 2.75) is 6.42 Å². The molecule has 0 amide bonds. The molecule has 0 heterocycles. The van der Waals surface area contributed by atoms with Crippen molar-refractivity contribution in [2.75, 3.05) is 27.2 Å². The molecule has 0 aromatic heterocycles. The van der Waals surface area contributed by atoms with Crippen molar-refractivity contribution in [1.29, 1.82) is 0 Å². The molecule has 0 spiro atoms. The molecule has 0 saturated heterocycles. The Morgan fingerprint density at radius 1 is 1.47 bits per heavy atom. The predicted molar refractivity (Wildman–Crippen MR) is 79.5 cm³/mol. The van der Waals surface area contributed by atoms with Crippen LogP contribution >= 0.6 is 15.9 Å². The number of rotatable bonds is 7. The Balaban J connectivity index is 2.55. The molecule has 19 heavy (non-hydrogen) atoms. The number of hydrogen-bond donors (Lipinski definition) is 1. The highest BCUT2D eigenvalue weighted by Crippen LogP contribution is 2.26. The van der Waals surface area contributed by atoms with Gasteiger partial charge in [-0.3, -0.25) is 0 Å². The third-order valence-corrected chi connectivity index (χ3v) is 3.00. The van der Waals surface area contributed by atoms with E-state index in [1.54, 1.807) is 6.08 Å². The van der Waals surface area contributed by atoms with Crippen LogP contribution in [0.4, 0.5) is 0 Å². The van der Waals surface area contributed by atoms with E-state index in [0.29, 0.717) is 6.61 Å². The third kappa shape index (κ3) is 6.40. The Labute approximate surface area is 121 Å². The van der Waals surface area contributed by atoms with E-state index >= 15 is 0 Å². The summed E-state index contributed by atoms with van der Waals surface area (Å²) in [4.78, 5) is 12.5. The highest BCUT2D eigenvalue weighted by molar-refractivity contribution is 9.10. The van der Waals surface area contributed by atoms with Gasteiger partial charge < -0.3 is 14.7 Å². The molecule has 0 fully saturated rings. The zero-order valence-electron chi connectivity index (χ0n) is 11.1. The van der Waals surface area contributed by atoms with Crippen LogP contribution < -0.4 is 4.74 Å². The molecule has 5 heteroatoms. The Bertz CT molecular complexity index is 458. The van der Waals surface area contributed by atoms with Gasteiger partial charge in [0.15, 0.2) is 0 Å². The Hall–Kier alpha value is -1.33. The van der Waals surface area contributed by atoms with Gasteiger partial charge in [-0.05, 0) is 60.2 Å². The van der Waals surface area contributed by atoms with Crippen molar-refractivity contribution in [2.24, 2.45) is 0 Å². The van der Waals surface area contributed by atoms with Crippen molar-refractivity contribution >= 4 is 28.0 Å². The lowest BCUT2D eigenvalue weighted by Crippen LogP contribution is -2.15. The van der Waals surface area contributed by atoms with Crippen molar-refractivity contribution in [3.05, 3.63) is 34.3 Å². The average Bonchev–Trinajstić information content (AvgIpc) is 2.33. The van der Waals surface area contributed by atoms with Gasteiger partial charge in [0, 0.05) is 12.6 Å². The van der Waals surface area contributed by atoms with Crippen molar-refractivity contribution in [3.63, 3.8) is 0 Å². The fraction of sp³-hybridized carbons (Fsp3) is 0.357. The molecule has 0 aliphatic heterocycles. The van der Waals surface area contributed by atoms with E-state index in [0.717, 1.165) is 34.8 Å². The zero-order valence-corrected chi connectivity index (χ0v) is 12.7. The van der Waals surface area contributed by atoms with Crippen molar-refractivity contribution < 1.29 is 14.6 Å². The number of aliphatic carboxylic acids is 1. The van der Waals surface area contributed by atoms with E-state index in [1.807, 2.05) is 32.3 Å². The minimum atomic E-state index is -0.958. The minimum absolute atomic E-state index is 0.654. The monoisotopic (exact) mass is 327 g/mol. The topological polar surface area (TPSA) is 49.8 Å². The normalized spacial score (nSPS) is 11.2. The number of carboxylic acid groups (broad SMARTS) is 1. The fourth-order valence-electron chi connectivity index (χ4n) is 1.47. The molecule has 0 atom stereocenters. The molecule has 1 N–H and O–H groups in total. The molecule has 0 radical (unpaired) electrons. The van der Waals surface area contributed by atoms with Crippen LogP contribution in [0.5, 0.6) is 5.75 Å². The lowest BCUT2D eigenvalue weighted by Gasteiger charge is -2.11. The number of benzene rings is 1. The number of hydrogen-bond acceptors (Lipinski definition) is 3. The quantitative estimate of drug-likeness (QED) is 0.618. The van der Waals surface area contributed by atoms with Gasteiger partial charge in [0.25, 0.3) is 0 Å². The van der Waals surface area contributed by atoms with Gasteiger partial charge in [-0.2, -0.15) is 0 Å². The first-order valence-corrected chi connectivity index (χ1v) is 6.76. The molecule has 0 unspecified atom stereocenters. The van der Waals surface area contributed by atoms with Crippen LogP contribution in [0, 0.1) is 0 Å². The standard InChI is InChI=1S/C14H18BrNO3/c1-16(2)8-3-9-19-13-6-4-11(10-12(13)15)5-7-14(17)18/h4-7,10H,3,8-9H2,1-2H3,(H,17,18). The molecular formula is C14H18BrNO3. The van der Waals surface area contributed by atoms with Crippen LogP contribution in [-0.4, -0.2) is 43.2 Å². The molecule has 0 aliphatic carbocycles. The SMILES string of the molecule is CN(C)CCCOc1ccc(C=CC(=O)O)cc1Br. The van der Waals surface area contributed by atoms with E-state index in [9.17, 15) is 4.79 Å². The Morgan fingerprint density at radius 2 is 2.21 bits per heavy atom. The first kappa shape index (κ1) is 15.7. The van der Waals surface area contributed by atoms with Crippen molar-refractivity contribution in [1.82, 2.24) is 4.90 Å². The summed E-state index contributed by atoms with van der Waals surface area (Å²) >= 11 is 3.42. The van der Waals surface area contributed by atoms with Crippen LogP contribution in [0.15, 0.2) is 28.7 Å². The minimum Gasteiger partial charge on any atom is -0.492 e. The van der Waals surface area contributed by atoms with Gasteiger partial charge in [0.2, 0.25) is 0 Å². The van der Waals surface area contributed by atoms with Crippen LogP contribution in [0.3, 0.4) is 0 Å². The average molecular weight is 328 g/mol. The Morgan fingerprint density at radius 3 is 2.79 bits per heavy atom. The second-order valence-electron chi connectivity index (χ2n) is 4.37. The van der Waals surface area contributed by atoms with Gasteiger partial charge >= 0.3 is 5.97 Å². The maximum Gasteiger partial charge on any atom is 0.328 e. The summed E-state index contributed by atoms with van der Waals surface area (Å²) in [5, 5.41) is 8.56. The van der Waals surface area contributed by atoms with E-state index < -0.39 is 5.97 Å². The van der Waals surface area contributed by atoms with Crippen LogP contribution in [0.25, 0.3) is 6.08 Å². The van der Waals surface area contributed by atoms with Crippen LogP contribution in [-0.2, 0) is 4.79 Å². The highest BCUT2D eigenvalue weighted by atomic mass is 79.9. The first-order chi connectivity index (χ1) is 8.99. The number of ether oxygens (including phenoxy) is 1.